The molecule has 0 aliphatic heterocycles. The van der Waals surface area contributed by atoms with Crippen LogP contribution in [0.4, 0.5) is 0 Å². The predicted molar refractivity (Wildman–Crippen MR) is 73.0 cm³/mol. The molecule has 0 saturated carbocycles. The van der Waals surface area contributed by atoms with Crippen LogP contribution in [0.5, 0.6) is 5.75 Å². The monoisotopic (exact) mass is 272 g/mol. The molecule has 1 rings (SSSR count). The average Bonchev–Trinajstić information content (AvgIpc) is 2.27. The molecule has 102 valence electrons. The van der Waals surface area contributed by atoms with Gasteiger partial charge < -0.3 is 14.9 Å². The Morgan fingerprint density at radius 3 is 2.44 bits per heavy atom. The number of aliphatic hydroxyl groups excluding tert-OH is 1. The molecule has 1 aromatic carbocycles. The van der Waals surface area contributed by atoms with Gasteiger partial charge in [-0.2, -0.15) is 0 Å². The van der Waals surface area contributed by atoms with Gasteiger partial charge in [-0.3, -0.25) is 0 Å². The van der Waals surface area contributed by atoms with Crippen LogP contribution in [0, 0.1) is 5.92 Å². The van der Waals surface area contributed by atoms with Crippen LogP contribution in [0.15, 0.2) is 18.2 Å². The molecule has 0 aliphatic rings. The Hall–Kier alpha value is -0.770. The van der Waals surface area contributed by atoms with Crippen molar-refractivity contribution >= 4 is 11.6 Å². The summed E-state index contributed by atoms with van der Waals surface area (Å²) in [5.74, 6) is 0.634. The lowest BCUT2D eigenvalue weighted by Crippen LogP contribution is -2.38. The van der Waals surface area contributed by atoms with E-state index in [1.807, 2.05) is 13.8 Å². The van der Waals surface area contributed by atoms with Crippen LogP contribution in [0.2, 0.25) is 5.02 Å². The molecule has 0 aromatic heterocycles. The summed E-state index contributed by atoms with van der Waals surface area (Å²) >= 11 is 5.89. The maximum atomic E-state index is 10.1. The molecule has 2 atom stereocenters. The summed E-state index contributed by atoms with van der Waals surface area (Å²) in [6.45, 7) is 7.42. The molecule has 18 heavy (non-hydrogen) atoms. The number of benzene rings is 1. The molecule has 0 bridgehead atoms. The van der Waals surface area contributed by atoms with E-state index in [1.54, 1.807) is 32.0 Å². The normalized spacial score (nSPS) is 16.4. The van der Waals surface area contributed by atoms with Gasteiger partial charge in [0.05, 0.1) is 11.7 Å². The van der Waals surface area contributed by atoms with Crippen molar-refractivity contribution in [1.29, 1.82) is 0 Å². The Balaban J connectivity index is 2.85. The molecule has 0 amide bonds. The van der Waals surface area contributed by atoms with Gasteiger partial charge in [-0.15, -0.1) is 0 Å². The van der Waals surface area contributed by atoms with Crippen molar-refractivity contribution in [3.63, 3.8) is 0 Å². The molecule has 0 fully saturated rings. The third-order valence-corrected chi connectivity index (χ3v) is 3.42. The summed E-state index contributed by atoms with van der Waals surface area (Å²) in [6, 6.07) is 5.08. The van der Waals surface area contributed by atoms with E-state index >= 15 is 0 Å². The quantitative estimate of drug-likeness (QED) is 0.866. The maximum absolute atomic E-state index is 10.1. The van der Waals surface area contributed by atoms with Crippen molar-refractivity contribution in [3.8, 4) is 5.75 Å². The van der Waals surface area contributed by atoms with Crippen LogP contribution in [0.3, 0.4) is 0 Å². The van der Waals surface area contributed by atoms with E-state index in [-0.39, 0.29) is 12.5 Å². The van der Waals surface area contributed by atoms with E-state index in [4.69, 9.17) is 16.3 Å². The molecule has 2 N–H and O–H groups in total. The lowest BCUT2D eigenvalue weighted by Gasteiger charge is -2.28. The molecule has 1 aromatic rings. The molecule has 4 heteroatoms. The zero-order chi connectivity index (χ0) is 13.9. The third kappa shape index (κ3) is 3.87. The van der Waals surface area contributed by atoms with Crippen molar-refractivity contribution in [3.05, 3.63) is 28.8 Å². The zero-order valence-corrected chi connectivity index (χ0v) is 12.0. The van der Waals surface area contributed by atoms with E-state index in [1.165, 1.54) is 0 Å². The molecule has 0 aliphatic carbocycles. The van der Waals surface area contributed by atoms with Crippen molar-refractivity contribution in [2.75, 3.05) is 6.61 Å². The first-order valence-corrected chi connectivity index (χ1v) is 6.44. The fraction of sp³-hybridized carbons (Fsp3) is 0.571. The van der Waals surface area contributed by atoms with E-state index in [2.05, 4.69) is 0 Å². The van der Waals surface area contributed by atoms with E-state index in [9.17, 15) is 10.2 Å². The molecule has 3 nitrogen and oxygen atoms in total. The largest absolute Gasteiger partial charge is 0.490 e. The van der Waals surface area contributed by atoms with Crippen molar-refractivity contribution in [2.45, 2.75) is 39.4 Å². The Labute approximate surface area is 113 Å². The van der Waals surface area contributed by atoms with Gasteiger partial charge in [0.25, 0.3) is 0 Å². The van der Waals surface area contributed by atoms with Crippen LogP contribution in [-0.4, -0.2) is 22.4 Å². The summed E-state index contributed by atoms with van der Waals surface area (Å²) in [4.78, 5) is 0. The number of hydrogen-bond donors (Lipinski definition) is 2. The summed E-state index contributed by atoms with van der Waals surface area (Å²) in [7, 11) is 0. The second-order valence-electron chi connectivity index (χ2n) is 5.16. The van der Waals surface area contributed by atoms with Gasteiger partial charge in [0, 0.05) is 10.6 Å². The predicted octanol–water partition coefficient (Wildman–Crippen LogP) is 3.18. The Bertz CT molecular complexity index is 400. The topological polar surface area (TPSA) is 49.7 Å². The van der Waals surface area contributed by atoms with Gasteiger partial charge in [-0.25, -0.2) is 0 Å². The van der Waals surface area contributed by atoms with Crippen molar-refractivity contribution in [1.82, 2.24) is 0 Å². The highest BCUT2D eigenvalue weighted by molar-refractivity contribution is 6.30. The Kier molecular flexibility index (Phi) is 5.02. The molecule has 0 saturated heterocycles. The average molecular weight is 273 g/mol. The summed E-state index contributed by atoms with van der Waals surface area (Å²) < 4.78 is 5.61. The van der Waals surface area contributed by atoms with Gasteiger partial charge in [0.2, 0.25) is 0 Å². The third-order valence-electron chi connectivity index (χ3n) is 3.19. The highest BCUT2D eigenvalue weighted by atomic mass is 35.5. The van der Waals surface area contributed by atoms with Gasteiger partial charge in [0.1, 0.15) is 12.4 Å². The van der Waals surface area contributed by atoms with Gasteiger partial charge >= 0.3 is 0 Å². The number of hydrogen-bond acceptors (Lipinski definition) is 3. The number of ether oxygens (including phenoxy) is 1. The standard InChI is InChI=1S/C14H21ClO3/c1-9(2)14(4,17)8-18-13-6-5-11(15)7-12(13)10(3)16/h5-7,9-10,16-17H,8H2,1-4H3. The molecule has 0 spiro atoms. The first-order chi connectivity index (χ1) is 8.24. The smallest absolute Gasteiger partial charge is 0.125 e. The molecule has 0 radical (unpaired) electrons. The molecular formula is C14H21ClO3. The van der Waals surface area contributed by atoms with Gasteiger partial charge in [0.15, 0.2) is 0 Å². The van der Waals surface area contributed by atoms with E-state index in [0.29, 0.717) is 16.3 Å². The minimum absolute atomic E-state index is 0.0831. The number of aliphatic hydroxyl groups is 2. The molecule has 2 unspecified atom stereocenters. The Morgan fingerprint density at radius 1 is 1.33 bits per heavy atom. The first-order valence-electron chi connectivity index (χ1n) is 6.06. The first kappa shape index (κ1) is 15.3. The summed E-state index contributed by atoms with van der Waals surface area (Å²) in [5, 5.41) is 20.3. The lowest BCUT2D eigenvalue weighted by molar-refractivity contribution is -0.0273. The van der Waals surface area contributed by atoms with Gasteiger partial charge in [-0.05, 0) is 38.0 Å². The second kappa shape index (κ2) is 5.91. The number of halogens is 1. The highest BCUT2D eigenvalue weighted by Gasteiger charge is 2.26. The van der Waals surface area contributed by atoms with Crippen LogP contribution < -0.4 is 4.74 Å². The van der Waals surface area contributed by atoms with Crippen LogP contribution in [0.25, 0.3) is 0 Å². The van der Waals surface area contributed by atoms with Gasteiger partial charge in [-0.1, -0.05) is 25.4 Å². The maximum Gasteiger partial charge on any atom is 0.125 e. The zero-order valence-electron chi connectivity index (χ0n) is 11.3. The van der Waals surface area contributed by atoms with Crippen LogP contribution in [0.1, 0.15) is 39.4 Å². The van der Waals surface area contributed by atoms with Crippen molar-refractivity contribution < 1.29 is 14.9 Å². The summed E-state index contributed by atoms with van der Waals surface area (Å²) in [5.41, 5.74) is -0.280. The fourth-order valence-electron chi connectivity index (χ4n) is 1.37. The Morgan fingerprint density at radius 2 is 1.94 bits per heavy atom. The number of rotatable bonds is 5. The lowest BCUT2D eigenvalue weighted by atomic mass is 9.94. The van der Waals surface area contributed by atoms with E-state index in [0.717, 1.165) is 0 Å². The van der Waals surface area contributed by atoms with E-state index < -0.39 is 11.7 Å². The molecule has 0 heterocycles. The second-order valence-corrected chi connectivity index (χ2v) is 5.60. The van der Waals surface area contributed by atoms with Crippen LogP contribution >= 0.6 is 11.6 Å². The van der Waals surface area contributed by atoms with Crippen LogP contribution in [-0.2, 0) is 0 Å². The fourth-order valence-corrected chi connectivity index (χ4v) is 1.55. The SMILES string of the molecule is CC(O)c1cc(Cl)ccc1OCC(C)(O)C(C)C. The highest BCUT2D eigenvalue weighted by Crippen LogP contribution is 2.29. The summed E-state index contributed by atoms with van der Waals surface area (Å²) in [6.07, 6.45) is -0.664. The minimum atomic E-state index is -0.907. The molecular weight excluding hydrogens is 252 g/mol. The minimum Gasteiger partial charge on any atom is -0.490 e. The van der Waals surface area contributed by atoms with Crippen molar-refractivity contribution in [2.24, 2.45) is 5.92 Å².